The molecule has 0 aromatic rings. The second-order valence-corrected chi connectivity index (χ2v) is 5.06. The molecular weight excluding hydrogens is 265 g/mol. The summed E-state index contributed by atoms with van der Waals surface area (Å²) in [5.74, 6) is -1.27. The minimum atomic E-state index is -4.52. The highest BCUT2D eigenvalue weighted by molar-refractivity contribution is 5.80. The highest BCUT2D eigenvalue weighted by Crippen LogP contribution is 2.20. The van der Waals surface area contributed by atoms with Gasteiger partial charge in [-0.3, -0.25) is 4.79 Å². The summed E-state index contributed by atoms with van der Waals surface area (Å²) < 4.78 is 37.0. The van der Waals surface area contributed by atoms with Crippen LogP contribution < -0.4 is 0 Å². The summed E-state index contributed by atoms with van der Waals surface area (Å²) in [6.07, 6.45) is -4.52. The second kappa shape index (κ2) is 6.12. The van der Waals surface area contributed by atoms with Gasteiger partial charge in [0.05, 0.1) is 0 Å². The van der Waals surface area contributed by atoms with Gasteiger partial charge in [0.2, 0.25) is 0 Å². The van der Waals surface area contributed by atoms with Gasteiger partial charge in [-0.25, -0.2) is 4.79 Å². The van der Waals surface area contributed by atoms with Crippen LogP contribution in [0.5, 0.6) is 0 Å². The van der Waals surface area contributed by atoms with Crippen molar-refractivity contribution in [2.24, 2.45) is 0 Å². The van der Waals surface area contributed by atoms with Crippen LogP contribution in [-0.4, -0.2) is 58.3 Å². The van der Waals surface area contributed by atoms with Crippen molar-refractivity contribution in [1.82, 2.24) is 9.80 Å². The molecule has 0 atom stereocenters. The van der Waals surface area contributed by atoms with Crippen molar-refractivity contribution in [2.45, 2.75) is 39.4 Å². The van der Waals surface area contributed by atoms with Gasteiger partial charge < -0.3 is 14.9 Å². The average molecular weight is 284 g/mol. The molecule has 0 rings (SSSR count). The summed E-state index contributed by atoms with van der Waals surface area (Å²) in [5, 5.41) is 8.75. The molecule has 0 aromatic heterocycles. The topological polar surface area (TPSA) is 60.9 Å². The Labute approximate surface area is 110 Å². The van der Waals surface area contributed by atoms with E-state index in [-0.39, 0.29) is 6.54 Å². The van der Waals surface area contributed by atoms with Crippen LogP contribution in [-0.2, 0) is 4.79 Å². The quantitative estimate of drug-likeness (QED) is 0.860. The van der Waals surface area contributed by atoms with Crippen LogP contribution in [0.25, 0.3) is 0 Å². The largest absolute Gasteiger partial charge is 0.480 e. The minimum Gasteiger partial charge on any atom is -0.480 e. The molecule has 0 saturated carbocycles. The van der Waals surface area contributed by atoms with Crippen LogP contribution >= 0.6 is 0 Å². The number of carbonyl (C=O) groups is 2. The zero-order valence-electron chi connectivity index (χ0n) is 11.4. The van der Waals surface area contributed by atoms with Crippen molar-refractivity contribution in [1.29, 1.82) is 0 Å². The lowest BCUT2D eigenvalue weighted by atomic mass is 10.1. The minimum absolute atomic E-state index is 0.148. The van der Waals surface area contributed by atoms with Crippen LogP contribution in [0.15, 0.2) is 0 Å². The van der Waals surface area contributed by atoms with Gasteiger partial charge in [-0.1, -0.05) is 0 Å². The third-order valence-electron chi connectivity index (χ3n) is 2.36. The van der Waals surface area contributed by atoms with E-state index in [4.69, 9.17) is 5.11 Å². The first-order valence-electron chi connectivity index (χ1n) is 5.73. The fraction of sp³-hybridized carbons (Fsp3) is 0.818. The van der Waals surface area contributed by atoms with Gasteiger partial charge in [0.15, 0.2) is 0 Å². The van der Waals surface area contributed by atoms with Gasteiger partial charge in [-0.2, -0.15) is 13.2 Å². The third kappa shape index (κ3) is 6.30. The molecule has 0 heterocycles. The van der Waals surface area contributed by atoms with E-state index in [1.807, 2.05) is 0 Å². The first kappa shape index (κ1) is 17.5. The van der Waals surface area contributed by atoms with E-state index >= 15 is 0 Å². The van der Waals surface area contributed by atoms with E-state index in [1.54, 1.807) is 20.8 Å². The molecule has 0 spiro atoms. The molecule has 0 aliphatic rings. The average Bonchev–Trinajstić information content (AvgIpc) is 2.18. The molecule has 19 heavy (non-hydrogen) atoms. The van der Waals surface area contributed by atoms with Crippen molar-refractivity contribution in [3.63, 3.8) is 0 Å². The van der Waals surface area contributed by atoms with Crippen molar-refractivity contribution in [3.8, 4) is 0 Å². The van der Waals surface area contributed by atoms with Crippen LogP contribution in [0.4, 0.5) is 18.0 Å². The number of amides is 2. The normalized spacial score (nSPS) is 12.2. The van der Waals surface area contributed by atoms with Crippen LogP contribution in [0, 0.1) is 0 Å². The summed E-state index contributed by atoms with van der Waals surface area (Å²) >= 11 is 0. The Kier molecular flexibility index (Phi) is 5.64. The molecule has 0 fully saturated rings. The smallest absolute Gasteiger partial charge is 0.406 e. The fourth-order valence-corrected chi connectivity index (χ4v) is 1.43. The number of hydrogen-bond acceptors (Lipinski definition) is 2. The van der Waals surface area contributed by atoms with Crippen LogP contribution in [0.1, 0.15) is 27.7 Å². The first-order chi connectivity index (χ1) is 8.38. The van der Waals surface area contributed by atoms with Crippen LogP contribution in [0.3, 0.4) is 0 Å². The van der Waals surface area contributed by atoms with Crippen molar-refractivity contribution >= 4 is 12.0 Å². The molecule has 0 unspecified atom stereocenters. The highest BCUT2D eigenvalue weighted by atomic mass is 19.4. The molecule has 0 bridgehead atoms. The van der Waals surface area contributed by atoms with Gasteiger partial charge in [0, 0.05) is 12.1 Å². The van der Waals surface area contributed by atoms with E-state index in [0.29, 0.717) is 4.90 Å². The Morgan fingerprint density at radius 3 is 1.89 bits per heavy atom. The lowest BCUT2D eigenvalue weighted by Crippen LogP contribution is -2.55. The Bertz CT molecular complexity index is 337. The lowest BCUT2D eigenvalue weighted by molar-refractivity contribution is -0.143. The summed E-state index contributed by atoms with van der Waals surface area (Å²) in [7, 11) is 0. The molecule has 0 aliphatic carbocycles. The Morgan fingerprint density at radius 2 is 1.63 bits per heavy atom. The van der Waals surface area contributed by atoms with E-state index in [2.05, 4.69) is 0 Å². The predicted molar refractivity (Wildman–Crippen MR) is 62.8 cm³/mol. The maximum Gasteiger partial charge on any atom is 0.406 e. The zero-order valence-corrected chi connectivity index (χ0v) is 11.4. The van der Waals surface area contributed by atoms with E-state index in [9.17, 15) is 22.8 Å². The molecule has 2 amide bonds. The number of alkyl halides is 3. The van der Waals surface area contributed by atoms with Crippen molar-refractivity contribution in [2.75, 3.05) is 19.6 Å². The zero-order chi connectivity index (χ0) is 15.4. The van der Waals surface area contributed by atoms with Crippen molar-refractivity contribution < 1.29 is 27.9 Å². The van der Waals surface area contributed by atoms with E-state index < -0.39 is 36.8 Å². The standard InChI is InChI=1S/C11H19F3N2O3/c1-5-15(7-11(12,13)14)9(19)16(6-8(17)18)10(2,3)4/h5-7H2,1-4H3,(H,17,18). The first-order valence-corrected chi connectivity index (χ1v) is 5.73. The van der Waals surface area contributed by atoms with Gasteiger partial charge in [0.1, 0.15) is 13.1 Å². The van der Waals surface area contributed by atoms with E-state index in [1.165, 1.54) is 6.92 Å². The number of halogens is 3. The highest BCUT2D eigenvalue weighted by Gasteiger charge is 2.37. The monoisotopic (exact) mass is 284 g/mol. The number of urea groups is 1. The van der Waals surface area contributed by atoms with Gasteiger partial charge in [0.25, 0.3) is 0 Å². The van der Waals surface area contributed by atoms with Crippen LogP contribution in [0.2, 0.25) is 0 Å². The molecule has 0 aromatic carbocycles. The SMILES string of the molecule is CCN(CC(F)(F)F)C(=O)N(CC(=O)O)C(C)(C)C. The number of carbonyl (C=O) groups excluding carboxylic acids is 1. The number of carboxylic acids is 1. The lowest BCUT2D eigenvalue weighted by Gasteiger charge is -2.38. The number of hydrogen-bond donors (Lipinski definition) is 1. The summed E-state index contributed by atoms with van der Waals surface area (Å²) in [6, 6.07) is -0.935. The maximum absolute atomic E-state index is 12.3. The summed E-state index contributed by atoms with van der Waals surface area (Å²) in [6.45, 7) is 3.92. The number of aliphatic carboxylic acids is 1. The molecule has 0 aliphatic heterocycles. The molecule has 0 radical (unpaired) electrons. The molecule has 5 nitrogen and oxygen atoms in total. The number of nitrogens with zero attached hydrogens (tertiary/aromatic N) is 2. The summed E-state index contributed by atoms with van der Waals surface area (Å²) in [5.41, 5.74) is -0.880. The third-order valence-corrected chi connectivity index (χ3v) is 2.36. The maximum atomic E-state index is 12.3. The Hall–Kier alpha value is -1.47. The molecule has 0 saturated heterocycles. The molecule has 1 N–H and O–H groups in total. The van der Waals surface area contributed by atoms with Gasteiger partial charge in [-0.05, 0) is 27.7 Å². The molecule has 8 heteroatoms. The van der Waals surface area contributed by atoms with Crippen molar-refractivity contribution in [3.05, 3.63) is 0 Å². The Morgan fingerprint density at radius 1 is 1.16 bits per heavy atom. The molecular formula is C11H19F3N2O3. The summed E-state index contributed by atoms with van der Waals surface area (Å²) in [4.78, 5) is 24.2. The fourth-order valence-electron chi connectivity index (χ4n) is 1.43. The van der Waals surface area contributed by atoms with E-state index in [0.717, 1.165) is 4.90 Å². The van der Waals surface area contributed by atoms with Gasteiger partial charge >= 0.3 is 18.2 Å². The molecule has 112 valence electrons. The second-order valence-electron chi connectivity index (χ2n) is 5.06. The Balaban J connectivity index is 5.10. The predicted octanol–water partition coefficient (Wildman–Crippen LogP) is 2.18. The van der Waals surface area contributed by atoms with Gasteiger partial charge in [-0.15, -0.1) is 0 Å². The number of rotatable bonds is 4. The number of carboxylic acid groups (broad SMARTS) is 1.